The summed E-state index contributed by atoms with van der Waals surface area (Å²) < 4.78 is 39.4. The monoisotopic (exact) mass is 478 g/mol. The van der Waals surface area contributed by atoms with Crippen molar-refractivity contribution < 1.29 is 18.0 Å². The molecule has 0 aliphatic heterocycles. The minimum atomic E-state index is -1.65. The summed E-state index contributed by atoms with van der Waals surface area (Å²) in [5.74, 6) is -5.20. The molecular weight excluding hydrogens is 460 g/mol. The maximum Gasteiger partial charge on any atom is 0.246 e. The normalized spacial score (nSPS) is 10.8. The zero-order chi connectivity index (χ0) is 18.4. The molecule has 0 unspecified atom stereocenters. The lowest BCUT2D eigenvalue weighted by atomic mass is 10.1. The molecule has 0 saturated carbocycles. The fourth-order valence-corrected chi connectivity index (χ4v) is 1.98. The molecule has 2 aromatic rings. The minimum Gasteiger partial charge on any atom is -0.370 e. The molecule has 0 aliphatic rings. The molecule has 0 atom stereocenters. The van der Waals surface area contributed by atoms with E-state index in [1.807, 2.05) is 31.2 Å². The molecule has 0 heterocycles. The third-order valence-corrected chi connectivity index (χ3v) is 3.34. The highest BCUT2D eigenvalue weighted by Gasteiger charge is 2.15. The molecule has 0 saturated heterocycles. The summed E-state index contributed by atoms with van der Waals surface area (Å²) in [6.45, 7) is 1.62. The average molecular weight is 478 g/mol. The zero-order valence-corrected chi connectivity index (χ0v) is 16.2. The van der Waals surface area contributed by atoms with Crippen LogP contribution in [0.3, 0.4) is 0 Å². The maximum absolute atomic E-state index is 13.5. The van der Waals surface area contributed by atoms with E-state index in [9.17, 15) is 18.0 Å². The van der Waals surface area contributed by atoms with Crippen molar-refractivity contribution >= 4 is 47.2 Å². The van der Waals surface area contributed by atoms with E-state index in [0.717, 1.165) is 18.1 Å². The molecule has 2 rings (SSSR count). The van der Waals surface area contributed by atoms with Crippen molar-refractivity contribution in [3.63, 3.8) is 0 Å². The van der Waals surface area contributed by atoms with Gasteiger partial charge in [0, 0.05) is 5.69 Å². The summed E-state index contributed by atoms with van der Waals surface area (Å²) in [5.41, 5.74) is 7.06. The number of guanidine groups is 1. The van der Waals surface area contributed by atoms with Gasteiger partial charge in [-0.15, -0.1) is 24.0 Å². The first-order chi connectivity index (χ1) is 11.9. The molecule has 0 aliphatic carbocycles. The minimum absolute atomic E-state index is 0. The molecule has 0 fully saturated rings. The number of hydrogen-bond donors (Lipinski definition) is 3. The van der Waals surface area contributed by atoms with E-state index < -0.39 is 35.6 Å². The Labute approximate surface area is 165 Å². The van der Waals surface area contributed by atoms with Crippen LogP contribution in [0.25, 0.3) is 0 Å². The topological polar surface area (TPSA) is 79.5 Å². The number of amides is 1. The molecule has 0 spiro atoms. The van der Waals surface area contributed by atoms with Gasteiger partial charge in [-0.05, 0) is 36.2 Å². The largest absolute Gasteiger partial charge is 0.370 e. The quantitative estimate of drug-likeness (QED) is 0.266. The third kappa shape index (κ3) is 5.90. The van der Waals surface area contributed by atoms with Gasteiger partial charge in [0.15, 0.2) is 23.4 Å². The molecule has 0 aromatic heterocycles. The molecule has 5 nitrogen and oxygen atoms in total. The summed E-state index contributed by atoms with van der Waals surface area (Å²) in [6, 6.07) is 9.12. The second-order valence-corrected chi connectivity index (χ2v) is 5.15. The van der Waals surface area contributed by atoms with Crippen molar-refractivity contribution in [1.82, 2.24) is 0 Å². The zero-order valence-electron chi connectivity index (χ0n) is 13.9. The SMILES string of the molecule is CCc1ccc(NC(N)=NCC(=O)Nc2ccc(F)c(F)c2F)cc1.I. The Balaban J connectivity index is 0.00000338. The van der Waals surface area contributed by atoms with Gasteiger partial charge in [-0.2, -0.15) is 0 Å². The third-order valence-electron chi connectivity index (χ3n) is 3.34. The molecule has 0 bridgehead atoms. The van der Waals surface area contributed by atoms with E-state index >= 15 is 0 Å². The fourth-order valence-electron chi connectivity index (χ4n) is 1.98. The molecular formula is C17H18F3IN4O. The number of anilines is 2. The fraction of sp³-hybridized carbons (Fsp3) is 0.176. The Morgan fingerprint density at radius 1 is 1.04 bits per heavy atom. The van der Waals surface area contributed by atoms with E-state index in [4.69, 9.17) is 5.73 Å². The lowest BCUT2D eigenvalue weighted by Gasteiger charge is -2.08. The van der Waals surface area contributed by atoms with Crippen LogP contribution >= 0.6 is 24.0 Å². The van der Waals surface area contributed by atoms with Crippen LogP contribution in [0.5, 0.6) is 0 Å². The Bertz CT molecular complexity index is 797. The predicted molar refractivity (Wildman–Crippen MR) is 106 cm³/mol. The molecule has 26 heavy (non-hydrogen) atoms. The number of benzene rings is 2. The predicted octanol–water partition coefficient (Wildman–Crippen LogP) is 3.65. The van der Waals surface area contributed by atoms with Crippen LogP contribution in [-0.2, 0) is 11.2 Å². The van der Waals surface area contributed by atoms with Gasteiger partial charge in [-0.3, -0.25) is 4.79 Å². The van der Waals surface area contributed by atoms with Crippen LogP contribution in [0.4, 0.5) is 24.5 Å². The molecule has 2 aromatic carbocycles. The Kier molecular flexibility index (Phi) is 8.36. The van der Waals surface area contributed by atoms with Crippen LogP contribution < -0.4 is 16.4 Å². The number of carbonyl (C=O) groups is 1. The van der Waals surface area contributed by atoms with Crippen LogP contribution in [0.2, 0.25) is 0 Å². The highest BCUT2D eigenvalue weighted by atomic mass is 127. The summed E-state index contributed by atoms with van der Waals surface area (Å²) in [4.78, 5) is 15.5. The Morgan fingerprint density at radius 2 is 1.69 bits per heavy atom. The average Bonchev–Trinajstić information content (AvgIpc) is 2.61. The van der Waals surface area contributed by atoms with Gasteiger partial charge < -0.3 is 16.4 Å². The van der Waals surface area contributed by atoms with Crippen LogP contribution in [0.1, 0.15) is 12.5 Å². The maximum atomic E-state index is 13.5. The van der Waals surface area contributed by atoms with Gasteiger partial charge in [-0.1, -0.05) is 19.1 Å². The van der Waals surface area contributed by atoms with Crippen molar-refractivity contribution in [1.29, 1.82) is 0 Å². The molecule has 140 valence electrons. The number of aryl methyl sites for hydroxylation is 1. The number of nitrogens with two attached hydrogens (primary N) is 1. The van der Waals surface area contributed by atoms with Gasteiger partial charge in [0.05, 0.1) is 5.69 Å². The first-order valence-corrected chi connectivity index (χ1v) is 7.50. The van der Waals surface area contributed by atoms with Crippen molar-refractivity contribution in [2.75, 3.05) is 17.2 Å². The summed E-state index contributed by atoms with van der Waals surface area (Å²) >= 11 is 0. The number of hydrogen-bond acceptors (Lipinski definition) is 2. The van der Waals surface area contributed by atoms with Crippen molar-refractivity contribution in [2.24, 2.45) is 10.7 Å². The highest BCUT2D eigenvalue weighted by molar-refractivity contribution is 14.0. The molecule has 4 N–H and O–H groups in total. The number of nitrogens with zero attached hydrogens (tertiary/aromatic N) is 1. The second-order valence-electron chi connectivity index (χ2n) is 5.15. The van der Waals surface area contributed by atoms with Crippen molar-refractivity contribution in [2.45, 2.75) is 13.3 Å². The first kappa shape index (κ1) is 21.7. The number of rotatable bonds is 5. The molecule has 9 heteroatoms. The van der Waals surface area contributed by atoms with Crippen molar-refractivity contribution in [3.05, 3.63) is 59.4 Å². The summed E-state index contributed by atoms with van der Waals surface area (Å²) in [6.07, 6.45) is 0.907. The van der Waals surface area contributed by atoms with Gasteiger partial charge in [0.1, 0.15) is 6.54 Å². The van der Waals surface area contributed by atoms with Crippen LogP contribution in [0, 0.1) is 17.5 Å². The van der Waals surface area contributed by atoms with Crippen LogP contribution in [0.15, 0.2) is 41.4 Å². The standard InChI is InChI=1S/C17H17F3N4O.HI/c1-2-10-3-5-11(6-4-10)23-17(21)22-9-14(25)24-13-8-7-12(18)15(19)16(13)20;/h3-8H,2,9H2,1H3,(H,24,25)(H3,21,22,23);1H. The van der Waals surface area contributed by atoms with Crippen molar-refractivity contribution in [3.8, 4) is 0 Å². The summed E-state index contributed by atoms with van der Waals surface area (Å²) in [7, 11) is 0. The Morgan fingerprint density at radius 3 is 2.31 bits per heavy atom. The van der Waals surface area contributed by atoms with Gasteiger partial charge >= 0.3 is 0 Å². The highest BCUT2D eigenvalue weighted by Crippen LogP contribution is 2.19. The number of nitrogens with one attached hydrogen (secondary N) is 2. The van der Waals surface area contributed by atoms with E-state index in [2.05, 4.69) is 15.6 Å². The van der Waals surface area contributed by atoms with Gasteiger partial charge in [-0.25, -0.2) is 18.2 Å². The van der Waals surface area contributed by atoms with E-state index in [1.54, 1.807) is 0 Å². The van der Waals surface area contributed by atoms with Gasteiger partial charge in [0.2, 0.25) is 5.91 Å². The first-order valence-electron chi connectivity index (χ1n) is 7.50. The lowest BCUT2D eigenvalue weighted by molar-refractivity contribution is -0.114. The Hall–Kier alpha value is -2.30. The number of aliphatic imine (C=N–C) groups is 1. The summed E-state index contributed by atoms with van der Waals surface area (Å²) in [5, 5.41) is 4.91. The van der Waals surface area contributed by atoms with Gasteiger partial charge in [0.25, 0.3) is 0 Å². The molecule has 1 amide bonds. The van der Waals surface area contributed by atoms with E-state index in [-0.39, 0.29) is 29.9 Å². The van der Waals surface area contributed by atoms with E-state index in [1.165, 1.54) is 0 Å². The molecule has 0 radical (unpaired) electrons. The van der Waals surface area contributed by atoms with Crippen LogP contribution in [-0.4, -0.2) is 18.4 Å². The number of carbonyl (C=O) groups excluding carboxylic acids is 1. The second kappa shape index (κ2) is 10.00. The lowest BCUT2D eigenvalue weighted by Crippen LogP contribution is -2.25. The number of halogens is 4. The van der Waals surface area contributed by atoms with E-state index in [0.29, 0.717) is 11.8 Å². The smallest absolute Gasteiger partial charge is 0.246 e.